The number of rotatable bonds is 3. The number of para-hydroxylation sites is 2. The third kappa shape index (κ3) is 2.88. The monoisotopic (exact) mass is 199 g/mol. The van der Waals surface area contributed by atoms with E-state index in [1.807, 2.05) is 0 Å². The molecule has 0 amide bonds. The van der Waals surface area contributed by atoms with E-state index in [1.54, 1.807) is 12.1 Å². The molecule has 1 aromatic rings. The zero-order chi connectivity index (χ0) is 9.68. The summed E-state index contributed by atoms with van der Waals surface area (Å²) >= 11 is 0. The lowest BCUT2D eigenvalue weighted by molar-refractivity contribution is 0.365. The van der Waals surface area contributed by atoms with Gasteiger partial charge in [0.05, 0.1) is 0 Å². The van der Waals surface area contributed by atoms with Gasteiger partial charge in [-0.25, -0.2) is 0 Å². The van der Waals surface area contributed by atoms with E-state index in [2.05, 4.69) is 9.26 Å². The van der Waals surface area contributed by atoms with Crippen LogP contribution in [0.4, 0.5) is 0 Å². The lowest BCUT2D eigenvalue weighted by Crippen LogP contribution is -1.89. The van der Waals surface area contributed by atoms with Gasteiger partial charge in [-0.1, -0.05) is 12.1 Å². The van der Waals surface area contributed by atoms with E-state index >= 15 is 0 Å². The molecule has 6 heteroatoms. The van der Waals surface area contributed by atoms with Crippen LogP contribution in [-0.4, -0.2) is 9.79 Å². The van der Waals surface area contributed by atoms with Gasteiger partial charge in [0.15, 0.2) is 11.5 Å². The third-order valence-corrected chi connectivity index (χ3v) is 1.54. The van der Waals surface area contributed by atoms with Crippen LogP contribution in [0.15, 0.2) is 24.3 Å². The topological polar surface area (TPSA) is 82.7 Å². The Morgan fingerprint density at radius 1 is 1.23 bits per heavy atom. The van der Waals surface area contributed by atoms with E-state index in [4.69, 9.17) is 15.0 Å². The second-order valence-electron chi connectivity index (χ2n) is 1.98. The predicted octanol–water partition coefficient (Wildman–Crippen LogP) is 1.14. The van der Waals surface area contributed by atoms with Crippen molar-refractivity contribution in [3.05, 3.63) is 24.3 Å². The predicted molar refractivity (Wildman–Crippen MR) is 44.7 cm³/mol. The standard InChI is InChI=1S/C7H6NO4P/c8-5-11-6-3-1-2-4-7(6)12-13(9)10/h1-4,9-10H. The minimum absolute atomic E-state index is 0.125. The first-order chi connectivity index (χ1) is 6.24. The second kappa shape index (κ2) is 4.63. The zero-order valence-corrected chi connectivity index (χ0v) is 7.31. The molecule has 0 aliphatic rings. The first kappa shape index (κ1) is 9.75. The molecular weight excluding hydrogens is 193 g/mol. The van der Waals surface area contributed by atoms with E-state index in [-0.39, 0.29) is 11.5 Å². The van der Waals surface area contributed by atoms with Crippen molar-refractivity contribution in [1.82, 2.24) is 0 Å². The summed E-state index contributed by atoms with van der Waals surface area (Å²) in [5.41, 5.74) is 0. The Bertz CT molecular complexity index is 323. The minimum atomic E-state index is -2.49. The highest BCUT2D eigenvalue weighted by molar-refractivity contribution is 7.39. The summed E-state index contributed by atoms with van der Waals surface area (Å²) in [6, 6.07) is 6.21. The van der Waals surface area contributed by atoms with Crippen LogP contribution in [0.25, 0.3) is 0 Å². The summed E-state index contributed by atoms with van der Waals surface area (Å²) in [6.45, 7) is 0. The number of hydrogen-bond acceptors (Lipinski definition) is 5. The van der Waals surface area contributed by atoms with Gasteiger partial charge in [0.25, 0.3) is 6.26 Å². The molecule has 0 unspecified atom stereocenters. The Morgan fingerprint density at radius 3 is 2.38 bits per heavy atom. The molecule has 13 heavy (non-hydrogen) atoms. The first-order valence-corrected chi connectivity index (χ1v) is 4.41. The van der Waals surface area contributed by atoms with Gasteiger partial charge in [-0.15, -0.1) is 5.26 Å². The van der Waals surface area contributed by atoms with E-state index in [9.17, 15) is 0 Å². The molecular formula is C7H6NO4P. The fourth-order valence-electron chi connectivity index (χ4n) is 0.747. The molecule has 1 aromatic carbocycles. The van der Waals surface area contributed by atoms with Gasteiger partial charge in [-0.3, -0.25) is 0 Å². The number of hydrogen-bond donors (Lipinski definition) is 2. The quantitative estimate of drug-likeness (QED) is 0.563. The van der Waals surface area contributed by atoms with Gasteiger partial charge in [0.1, 0.15) is 0 Å². The highest BCUT2D eigenvalue weighted by Gasteiger charge is 2.08. The van der Waals surface area contributed by atoms with Crippen LogP contribution in [0, 0.1) is 11.5 Å². The van der Waals surface area contributed by atoms with E-state index in [1.165, 1.54) is 18.4 Å². The number of benzene rings is 1. The Morgan fingerprint density at radius 2 is 1.85 bits per heavy atom. The van der Waals surface area contributed by atoms with Crippen molar-refractivity contribution in [3.8, 4) is 17.8 Å². The maximum Gasteiger partial charge on any atom is 0.391 e. The zero-order valence-electron chi connectivity index (χ0n) is 6.41. The molecule has 0 saturated carbocycles. The van der Waals surface area contributed by atoms with Crippen LogP contribution >= 0.6 is 8.60 Å². The van der Waals surface area contributed by atoms with Crippen molar-refractivity contribution in [2.45, 2.75) is 0 Å². The molecule has 0 radical (unpaired) electrons. The van der Waals surface area contributed by atoms with Crippen LogP contribution in [0.1, 0.15) is 0 Å². The van der Waals surface area contributed by atoms with Crippen molar-refractivity contribution >= 4 is 8.60 Å². The molecule has 68 valence electrons. The summed E-state index contributed by atoms with van der Waals surface area (Å²) < 4.78 is 9.10. The Balaban J connectivity index is 2.85. The molecule has 5 nitrogen and oxygen atoms in total. The molecule has 0 bridgehead atoms. The van der Waals surface area contributed by atoms with Crippen molar-refractivity contribution in [2.75, 3.05) is 0 Å². The number of nitriles is 1. The summed E-state index contributed by atoms with van der Waals surface area (Å²) in [7, 11) is -2.49. The third-order valence-electron chi connectivity index (χ3n) is 1.18. The van der Waals surface area contributed by atoms with E-state index in [0.29, 0.717) is 0 Å². The smallest absolute Gasteiger partial charge is 0.391 e. The second-order valence-corrected chi connectivity index (χ2v) is 2.67. The molecule has 0 atom stereocenters. The van der Waals surface area contributed by atoms with Crippen molar-refractivity contribution in [2.24, 2.45) is 0 Å². The van der Waals surface area contributed by atoms with Crippen molar-refractivity contribution in [3.63, 3.8) is 0 Å². The highest BCUT2D eigenvalue weighted by Crippen LogP contribution is 2.35. The fraction of sp³-hybridized carbons (Fsp3) is 0. The molecule has 1 rings (SSSR count). The SMILES string of the molecule is N#COc1ccccc1OP(O)O. The van der Waals surface area contributed by atoms with Crippen LogP contribution < -0.4 is 9.26 Å². The average molecular weight is 199 g/mol. The summed E-state index contributed by atoms with van der Waals surface area (Å²) in [5, 5.41) is 8.23. The maximum absolute atomic E-state index is 8.56. The number of ether oxygens (including phenoxy) is 1. The van der Waals surface area contributed by atoms with Crippen LogP contribution in [-0.2, 0) is 0 Å². The van der Waals surface area contributed by atoms with Crippen LogP contribution in [0.5, 0.6) is 11.5 Å². The van der Waals surface area contributed by atoms with Crippen LogP contribution in [0.3, 0.4) is 0 Å². The van der Waals surface area contributed by atoms with Gasteiger partial charge in [-0.05, 0) is 12.1 Å². The maximum atomic E-state index is 8.56. The first-order valence-electron chi connectivity index (χ1n) is 3.25. The van der Waals surface area contributed by atoms with Gasteiger partial charge in [0, 0.05) is 0 Å². The normalized spacial score (nSPS) is 9.38. The lowest BCUT2D eigenvalue weighted by atomic mass is 10.3. The summed E-state index contributed by atoms with van der Waals surface area (Å²) in [5.74, 6) is 0.278. The lowest BCUT2D eigenvalue weighted by Gasteiger charge is -2.07. The van der Waals surface area contributed by atoms with Crippen molar-refractivity contribution in [1.29, 1.82) is 5.26 Å². The van der Waals surface area contributed by atoms with Gasteiger partial charge < -0.3 is 19.0 Å². The van der Waals surface area contributed by atoms with Gasteiger partial charge in [0.2, 0.25) is 0 Å². The summed E-state index contributed by atoms with van der Waals surface area (Å²) in [4.78, 5) is 17.1. The Hall–Kier alpha value is -1.34. The van der Waals surface area contributed by atoms with E-state index in [0.717, 1.165) is 0 Å². The molecule has 2 N–H and O–H groups in total. The molecule has 0 spiro atoms. The molecule has 0 saturated heterocycles. The van der Waals surface area contributed by atoms with E-state index < -0.39 is 8.60 Å². The molecule has 0 aliphatic carbocycles. The van der Waals surface area contributed by atoms with Crippen molar-refractivity contribution < 1.29 is 19.0 Å². The van der Waals surface area contributed by atoms with Gasteiger partial charge in [-0.2, -0.15) is 0 Å². The molecule has 0 heterocycles. The molecule has 0 fully saturated rings. The number of nitrogens with zero attached hydrogens (tertiary/aromatic N) is 1. The largest absolute Gasteiger partial charge is 0.423 e. The molecule has 0 aromatic heterocycles. The summed E-state index contributed by atoms with van der Waals surface area (Å²) in [6.07, 6.45) is 1.46. The van der Waals surface area contributed by atoms with Crippen LogP contribution in [0.2, 0.25) is 0 Å². The van der Waals surface area contributed by atoms with Gasteiger partial charge >= 0.3 is 8.60 Å². The molecule has 0 aliphatic heterocycles. The Kier molecular flexibility index (Phi) is 3.47. The fourth-order valence-corrected chi connectivity index (χ4v) is 1.07. The average Bonchev–Trinajstić information content (AvgIpc) is 2.08. The minimum Gasteiger partial charge on any atom is -0.423 e. The Labute approximate surface area is 75.8 Å². The highest BCUT2D eigenvalue weighted by atomic mass is 31.2.